The minimum atomic E-state index is -2.62. The van der Waals surface area contributed by atoms with Gasteiger partial charge in [-0.05, 0) is 26.2 Å². The number of hydrogen-bond acceptors (Lipinski definition) is 2. The highest BCUT2D eigenvalue weighted by Gasteiger charge is 2.49. The molecule has 3 N–H and O–H groups in total. The molecule has 1 aliphatic rings. The number of hydrogen-bond donors (Lipinski definition) is 2. The number of rotatable bonds is 2. The van der Waals surface area contributed by atoms with Crippen molar-refractivity contribution in [3.05, 3.63) is 0 Å². The molecule has 1 unspecified atom stereocenters. The first-order valence-corrected chi connectivity index (χ1v) is 5.12. The van der Waals surface area contributed by atoms with Crippen molar-refractivity contribution in [3.63, 3.8) is 0 Å². The molecule has 0 spiro atoms. The third-order valence-corrected chi connectivity index (χ3v) is 3.61. The van der Waals surface area contributed by atoms with Crippen LogP contribution >= 0.6 is 0 Å². The van der Waals surface area contributed by atoms with E-state index in [1.807, 2.05) is 6.92 Å². The van der Waals surface area contributed by atoms with Gasteiger partial charge in [0.1, 0.15) is 0 Å². The number of nitrogens with two attached hydrogens (primary N) is 1. The molecular formula is C10H19F2NO. The van der Waals surface area contributed by atoms with E-state index in [2.05, 4.69) is 0 Å². The van der Waals surface area contributed by atoms with E-state index in [9.17, 15) is 13.9 Å². The molecule has 0 aromatic carbocycles. The maximum atomic E-state index is 12.9. The summed E-state index contributed by atoms with van der Waals surface area (Å²) < 4.78 is 25.8. The van der Waals surface area contributed by atoms with E-state index < -0.39 is 17.1 Å². The van der Waals surface area contributed by atoms with Gasteiger partial charge in [-0.3, -0.25) is 0 Å². The van der Waals surface area contributed by atoms with E-state index in [1.165, 1.54) is 0 Å². The summed E-state index contributed by atoms with van der Waals surface area (Å²) in [4.78, 5) is 0. The van der Waals surface area contributed by atoms with Crippen LogP contribution in [0.3, 0.4) is 0 Å². The Balaban J connectivity index is 2.71. The Labute approximate surface area is 83.5 Å². The van der Waals surface area contributed by atoms with Crippen molar-refractivity contribution in [2.24, 2.45) is 5.73 Å². The van der Waals surface area contributed by atoms with Crippen molar-refractivity contribution < 1.29 is 13.9 Å². The standard InChI is InChI=1S/C10H19F2NO/c1-3-8(2,13)9(14)4-6-10(11,12)7-5-9/h14H,3-7,13H2,1-2H3. The second-order valence-electron chi connectivity index (χ2n) is 4.66. The lowest BCUT2D eigenvalue weighted by Crippen LogP contribution is -2.60. The number of halogens is 2. The molecular weight excluding hydrogens is 188 g/mol. The summed E-state index contributed by atoms with van der Waals surface area (Å²) in [7, 11) is 0. The summed E-state index contributed by atoms with van der Waals surface area (Å²) >= 11 is 0. The van der Waals surface area contributed by atoms with Crippen LogP contribution in [-0.4, -0.2) is 22.2 Å². The Morgan fingerprint density at radius 2 is 1.71 bits per heavy atom. The van der Waals surface area contributed by atoms with Gasteiger partial charge in [0.2, 0.25) is 5.92 Å². The Bertz CT molecular complexity index is 206. The molecule has 0 aromatic rings. The van der Waals surface area contributed by atoms with Crippen LogP contribution in [0.1, 0.15) is 46.0 Å². The largest absolute Gasteiger partial charge is 0.388 e. The van der Waals surface area contributed by atoms with Gasteiger partial charge >= 0.3 is 0 Å². The Hall–Kier alpha value is -0.220. The van der Waals surface area contributed by atoms with Crippen LogP contribution in [0.25, 0.3) is 0 Å². The van der Waals surface area contributed by atoms with E-state index in [-0.39, 0.29) is 25.7 Å². The maximum Gasteiger partial charge on any atom is 0.248 e. The van der Waals surface area contributed by atoms with Gasteiger partial charge in [0.05, 0.1) is 5.60 Å². The van der Waals surface area contributed by atoms with Gasteiger partial charge < -0.3 is 10.8 Å². The smallest absolute Gasteiger partial charge is 0.248 e. The first-order valence-electron chi connectivity index (χ1n) is 5.12. The van der Waals surface area contributed by atoms with Crippen molar-refractivity contribution in [2.45, 2.75) is 63.0 Å². The number of aliphatic hydroxyl groups is 1. The Morgan fingerprint density at radius 1 is 1.29 bits per heavy atom. The average molecular weight is 207 g/mol. The lowest BCUT2D eigenvalue weighted by atomic mass is 9.70. The van der Waals surface area contributed by atoms with Crippen LogP contribution in [0.15, 0.2) is 0 Å². The molecule has 0 saturated heterocycles. The van der Waals surface area contributed by atoms with Crippen molar-refractivity contribution in [1.82, 2.24) is 0 Å². The van der Waals surface area contributed by atoms with Gasteiger partial charge in [-0.15, -0.1) is 0 Å². The normalized spacial score (nSPS) is 29.6. The molecule has 1 saturated carbocycles. The van der Waals surface area contributed by atoms with Crippen molar-refractivity contribution in [1.29, 1.82) is 0 Å². The van der Waals surface area contributed by atoms with Gasteiger partial charge in [0, 0.05) is 18.4 Å². The van der Waals surface area contributed by atoms with Crippen molar-refractivity contribution in [3.8, 4) is 0 Å². The lowest BCUT2D eigenvalue weighted by Gasteiger charge is -2.46. The summed E-state index contributed by atoms with van der Waals surface area (Å²) in [5.41, 5.74) is 4.04. The van der Waals surface area contributed by atoms with Gasteiger partial charge in [0.15, 0.2) is 0 Å². The van der Waals surface area contributed by atoms with Gasteiger partial charge in [-0.25, -0.2) is 8.78 Å². The van der Waals surface area contributed by atoms with Crippen LogP contribution in [0, 0.1) is 0 Å². The summed E-state index contributed by atoms with van der Waals surface area (Å²) in [6.45, 7) is 3.60. The topological polar surface area (TPSA) is 46.2 Å². The highest BCUT2D eigenvalue weighted by atomic mass is 19.3. The van der Waals surface area contributed by atoms with Gasteiger partial charge in [-0.1, -0.05) is 6.92 Å². The molecule has 2 nitrogen and oxygen atoms in total. The highest BCUT2D eigenvalue weighted by molar-refractivity contribution is 5.03. The lowest BCUT2D eigenvalue weighted by molar-refractivity contribution is -0.130. The predicted octanol–water partition coefficient (Wildman–Crippen LogP) is 2.05. The first kappa shape index (κ1) is 11.9. The van der Waals surface area contributed by atoms with Crippen molar-refractivity contribution >= 4 is 0 Å². The number of alkyl halides is 2. The SMILES string of the molecule is CCC(C)(N)C1(O)CCC(F)(F)CC1. The molecule has 84 valence electrons. The van der Waals surface area contributed by atoms with E-state index in [4.69, 9.17) is 5.73 Å². The second kappa shape index (κ2) is 3.42. The van der Waals surface area contributed by atoms with E-state index in [0.717, 1.165) is 0 Å². The van der Waals surface area contributed by atoms with Crippen LogP contribution in [-0.2, 0) is 0 Å². The Kier molecular flexibility index (Phi) is 2.89. The third kappa shape index (κ3) is 2.06. The van der Waals surface area contributed by atoms with E-state index in [1.54, 1.807) is 6.92 Å². The highest BCUT2D eigenvalue weighted by Crippen LogP contribution is 2.43. The zero-order valence-corrected chi connectivity index (χ0v) is 8.82. The fourth-order valence-corrected chi connectivity index (χ4v) is 1.93. The fraction of sp³-hybridized carbons (Fsp3) is 1.00. The molecule has 1 aliphatic carbocycles. The average Bonchev–Trinajstić information content (AvgIpc) is 2.10. The third-order valence-electron chi connectivity index (χ3n) is 3.61. The van der Waals surface area contributed by atoms with Crippen LogP contribution < -0.4 is 5.73 Å². The fourth-order valence-electron chi connectivity index (χ4n) is 1.93. The van der Waals surface area contributed by atoms with Gasteiger partial charge in [-0.2, -0.15) is 0 Å². The molecule has 0 amide bonds. The molecule has 0 heterocycles. The molecule has 0 radical (unpaired) electrons. The molecule has 1 atom stereocenters. The molecule has 1 rings (SSSR count). The molecule has 0 aromatic heterocycles. The molecule has 14 heavy (non-hydrogen) atoms. The molecule has 0 bridgehead atoms. The van der Waals surface area contributed by atoms with Crippen molar-refractivity contribution in [2.75, 3.05) is 0 Å². The first-order chi connectivity index (χ1) is 6.22. The predicted molar refractivity (Wildman–Crippen MR) is 51.2 cm³/mol. The summed E-state index contributed by atoms with van der Waals surface area (Å²) in [5.74, 6) is -2.62. The molecule has 0 aliphatic heterocycles. The quantitative estimate of drug-likeness (QED) is 0.728. The van der Waals surface area contributed by atoms with E-state index >= 15 is 0 Å². The van der Waals surface area contributed by atoms with Crippen LogP contribution in [0.4, 0.5) is 8.78 Å². The minimum absolute atomic E-state index is 0.0981. The second-order valence-corrected chi connectivity index (χ2v) is 4.66. The Morgan fingerprint density at radius 3 is 2.07 bits per heavy atom. The summed E-state index contributed by atoms with van der Waals surface area (Å²) in [6.07, 6.45) is 0.281. The maximum absolute atomic E-state index is 12.9. The van der Waals surface area contributed by atoms with Gasteiger partial charge in [0.25, 0.3) is 0 Å². The summed E-state index contributed by atoms with van der Waals surface area (Å²) in [5, 5.41) is 10.2. The zero-order chi connectivity index (χ0) is 11.0. The molecule has 4 heteroatoms. The van der Waals surface area contributed by atoms with Crippen LogP contribution in [0.5, 0.6) is 0 Å². The molecule has 1 fully saturated rings. The summed E-state index contributed by atoms with van der Waals surface area (Å²) in [6, 6.07) is 0. The zero-order valence-electron chi connectivity index (χ0n) is 8.82. The monoisotopic (exact) mass is 207 g/mol. The van der Waals surface area contributed by atoms with E-state index in [0.29, 0.717) is 6.42 Å². The van der Waals surface area contributed by atoms with Crippen LogP contribution in [0.2, 0.25) is 0 Å². The minimum Gasteiger partial charge on any atom is -0.388 e.